The number of benzene rings is 4. The summed E-state index contributed by atoms with van der Waals surface area (Å²) in [6.07, 6.45) is 17.6. The van der Waals surface area contributed by atoms with E-state index in [9.17, 15) is 15.0 Å². The molecule has 4 aliphatic rings. The number of ether oxygens (including phenoxy) is 1. The highest BCUT2D eigenvalue weighted by Crippen LogP contribution is 2.44. The van der Waals surface area contributed by atoms with Gasteiger partial charge >= 0.3 is 0 Å². The minimum Gasteiger partial charge on any atom is -0.508 e. The molecule has 7 heterocycles. The number of nitrogens with one attached hydrogen (secondary N) is 2. The van der Waals surface area contributed by atoms with E-state index in [1.165, 1.54) is 61.8 Å². The Kier molecular flexibility index (Phi) is 13.8. The fraction of sp³-hybridized carbons (Fsp3) is 0.383. The summed E-state index contributed by atoms with van der Waals surface area (Å²) in [4.78, 5) is 42.5. The molecule has 79 heavy (non-hydrogen) atoms. The molecule has 4 aromatic carbocycles. The smallest absolute Gasteiger partial charge is 0.229 e. The topological polar surface area (TPSA) is 204 Å². The second-order valence-electron chi connectivity index (χ2n) is 22.2. The third kappa shape index (κ3) is 10.6. The van der Waals surface area contributed by atoms with E-state index in [0.29, 0.717) is 54.0 Å². The highest BCUT2D eigenvalue weighted by atomic mass is 16.5. The van der Waals surface area contributed by atoms with Crippen LogP contribution in [-0.4, -0.2) is 131 Å². The van der Waals surface area contributed by atoms with Crippen molar-refractivity contribution in [1.82, 2.24) is 54.2 Å². The van der Waals surface area contributed by atoms with Gasteiger partial charge in [-0.05, 0) is 137 Å². The first-order valence-electron chi connectivity index (χ1n) is 27.8. The zero-order chi connectivity index (χ0) is 53.6. The summed E-state index contributed by atoms with van der Waals surface area (Å²) in [5, 5.41) is 39.2. The Labute approximate surface area is 457 Å². The van der Waals surface area contributed by atoms with Gasteiger partial charge in [-0.1, -0.05) is 24.3 Å². The molecule has 0 amide bonds. The van der Waals surface area contributed by atoms with Crippen LogP contribution in [0.4, 0.5) is 29.0 Å². The lowest BCUT2D eigenvalue weighted by atomic mass is 9.71. The monoisotopic (exact) mass is 1060 g/mol. The fourth-order valence-corrected chi connectivity index (χ4v) is 12.4. The van der Waals surface area contributed by atoms with Crippen molar-refractivity contribution in [1.29, 1.82) is 0 Å². The number of likely N-dealkylation sites (N-methyl/N-ethyl adjacent to an activating group) is 2. The number of phenolic OH excluding ortho intramolecular Hbond substituents is 2. The van der Waals surface area contributed by atoms with Gasteiger partial charge in [0.1, 0.15) is 34.5 Å². The lowest BCUT2D eigenvalue weighted by Crippen LogP contribution is -2.54. The molecule has 9 aromatic rings. The third-order valence-corrected chi connectivity index (χ3v) is 17.1. The molecule has 2 aliphatic carbocycles. The van der Waals surface area contributed by atoms with Crippen LogP contribution in [0.2, 0.25) is 0 Å². The van der Waals surface area contributed by atoms with Gasteiger partial charge in [0.15, 0.2) is 17.5 Å². The quantitative estimate of drug-likeness (QED) is 0.0848. The summed E-state index contributed by atoms with van der Waals surface area (Å²) in [5.41, 5.74) is 6.75. The number of piperazine rings is 2. The van der Waals surface area contributed by atoms with Crippen LogP contribution in [0, 0.1) is 11.8 Å². The molecule has 0 spiro atoms. The van der Waals surface area contributed by atoms with E-state index in [-0.39, 0.29) is 39.7 Å². The van der Waals surface area contributed by atoms with Crippen LogP contribution in [0.1, 0.15) is 69.0 Å². The van der Waals surface area contributed by atoms with Gasteiger partial charge in [0.2, 0.25) is 17.3 Å². The molecule has 2 saturated heterocycles. The molecule has 2 saturated carbocycles. The molecule has 0 bridgehead atoms. The Bertz CT molecular complexity index is 3660. The van der Waals surface area contributed by atoms with Crippen molar-refractivity contribution < 1.29 is 19.4 Å². The molecule has 19 nitrogen and oxygen atoms in total. The van der Waals surface area contributed by atoms with Crippen molar-refractivity contribution >= 4 is 62.0 Å². The maximum Gasteiger partial charge on any atom is 0.229 e. The van der Waals surface area contributed by atoms with Crippen molar-refractivity contribution in [2.45, 2.75) is 76.2 Å². The lowest BCUT2D eigenvalue weighted by molar-refractivity contribution is 0.0377. The summed E-state index contributed by atoms with van der Waals surface area (Å²) < 4.78 is 16.7. The Hall–Kier alpha value is -8.13. The fourth-order valence-electron chi connectivity index (χ4n) is 12.4. The van der Waals surface area contributed by atoms with Crippen molar-refractivity contribution in [2.75, 3.05) is 75.4 Å². The van der Waals surface area contributed by atoms with Crippen LogP contribution in [0.3, 0.4) is 0 Å². The van der Waals surface area contributed by atoms with Crippen LogP contribution < -0.4 is 25.7 Å². The summed E-state index contributed by atoms with van der Waals surface area (Å²) in [7, 11) is 4.17. The minimum absolute atomic E-state index is 0.0728. The maximum atomic E-state index is 13.9. The second-order valence-corrected chi connectivity index (χ2v) is 22.2. The summed E-state index contributed by atoms with van der Waals surface area (Å²) >= 11 is 0. The van der Waals surface area contributed by atoms with E-state index < -0.39 is 6.23 Å². The molecular weight excluding hydrogens is 997 g/mol. The molecule has 2 aliphatic heterocycles. The normalized spacial score (nSPS) is 21.7. The van der Waals surface area contributed by atoms with Crippen LogP contribution in [0.25, 0.3) is 44.2 Å². The lowest BCUT2D eigenvalue weighted by Gasteiger charge is -2.40. The Morgan fingerprint density at radius 2 is 1.23 bits per heavy atom. The van der Waals surface area contributed by atoms with E-state index in [1.54, 1.807) is 12.1 Å². The summed E-state index contributed by atoms with van der Waals surface area (Å²) in [5.74, 6) is 2.78. The number of aromatic hydroxyl groups is 2. The largest absolute Gasteiger partial charge is 0.508 e. The maximum absolute atomic E-state index is 13.9. The molecule has 4 N–H and O–H groups in total. The Balaban J connectivity index is 0.605. The number of nitrogens with zero attached hydrogens (tertiary/aromatic N) is 12. The number of aromatic nitrogens is 8. The van der Waals surface area contributed by atoms with Gasteiger partial charge in [-0.3, -0.25) is 14.6 Å². The molecule has 4 fully saturated rings. The molecule has 13 rings (SSSR count). The van der Waals surface area contributed by atoms with E-state index in [2.05, 4.69) is 93.0 Å². The van der Waals surface area contributed by atoms with Gasteiger partial charge in [-0.2, -0.15) is 20.2 Å². The van der Waals surface area contributed by atoms with Crippen LogP contribution >= 0.6 is 0 Å². The van der Waals surface area contributed by atoms with E-state index in [0.717, 1.165) is 104 Å². The molecule has 5 aromatic heterocycles. The van der Waals surface area contributed by atoms with Crippen LogP contribution in [-0.2, 0) is 6.54 Å². The van der Waals surface area contributed by atoms with Gasteiger partial charge in [0.25, 0.3) is 0 Å². The molecule has 406 valence electrons. The average molecular weight is 1060 g/mol. The number of fused-ring (bicyclic) bond motifs is 3. The molecule has 1 atom stereocenters. The number of phenols is 2. The molecule has 19 heteroatoms. The molecule has 0 radical (unpaired) electrons. The standard InChI is InChI=1S/C60H66N14O5/c1-69-23-26-71(27-24-69)35-38-3-11-44(12-4-38)65-59-61-31-42-33-63-73(57(42)67-59)47-15-5-39(6-16-47)40-7-17-48(18-8-40)74-58-43(34-64-74)32-62-60(68-58)66-45-13-19-46(20-14-45)72-28-25-70(2)54(36-72)79-53-30-50(76)29-52-55(53)56(77)51(37-78-52)41-9-21-49(75)22-10-41/h3-4,9-14,19-22,29-34,37,39-40,47-48,54,75-76H,5-8,15-18,23-28,35-36H2,1-2H3,(H,61,65,67)(H,62,66,68). The van der Waals surface area contributed by atoms with Gasteiger partial charge in [-0.25, -0.2) is 19.3 Å². The van der Waals surface area contributed by atoms with Crippen molar-refractivity contribution in [3.8, 4) is 28.4 Å². The number of hydrogen-bond acceptors (Lipinski definition) is 17. The first-order chi connectivity index (χ1) is 38.6. The van der Waals surface area contributed by atoms with Gasteiger partial charge in [0, 0.05) is 87.4 Å². The zero-order valence-electron chi connectivity index (χ0n) is 44.7. The number of anilines is 5. The van der Waals surface area contributed by atoms with Crippen LogP contribution in [0.5, 0.6) is 17.2 Å². The SMILES string of the molecule is CN1CCN(Cc2ccc(Nc3ncc4cnn(C5CCC(C6CCC(n7ncc8cnc(Nc9ccc(N%10CCN(C)C(Oc%11cc(O)cc%12occ(-c%13ccc(O)cc%13)c(=O)c%11%12)C%10)cc9)nc87)CC6)CC5)c4n3)cc2)CC1. The summed E-state index contributed by atoms with van der Waals surface area (Å²) in [6.45, 7) is 7.39. The van der Waals surface area contributed by atoms with Crippen molar-refractivity contribution in [2.24, 2.45) is 11.8 Å². The van der Waals surface area contributed by atoms with E-state index in [4.69, 9.17) is 29.3 Å². The first-order valence-corrected chi connectivity index (χ1v) is 27.8. The van der Waals surface area contributed by atoms with Gasteiger partial charge in [0.05, 0.1) is 47.4 Å². The van der Waals surface area contributed by atoms with Crippen molar-refractivity contribution in [3.05, 3.63) is 132 Å². The Morgan fingerprint density at radius 3 is 1.82 bits per heavy atom. The van der Waals surface area contributed by atoms with E-state index in [1.807, 2.05) is 44.0 Å². The second kappa shape index (κ2) is 21.6. The number of hydrogen-bond donors (Lipinski definition) is 4. The summed E-state index contributed by atoms with van der Waals surface area (Å²) in [6, 6.07) is 26.7. The highest BCUT2D eigenvalue weighted by molar-refractivity contribution is 5.88. The third-order valence-electron chi connectivity index (χ3n) is 17.1. The first kappa shape index (κ1) is 50.4. The minimum atomic E-state index is -0.440. The average Bonchev–Trinajstić information content (AvgIpc) is 4.14. The Morgan fingerprint density at radius 1 is 0.646 bits per heavy atom. The molecule has 1 unspecified atom stereocenters. The van der Waals surface area contributed by atoms with Gasteiger partial charge in [-0.15, -0.1) is 0 Å². The van der Waals surface area contributed by atoms with Gasteiger partial charge < -0.3 is 39.8 Å². The predicted molar refractivity (Wildman–Crippen MR) is 305 cm³/mol. The predicted octanol–water partition coefficient (Wildman–Crippen LogP) is 9.70. The van der Waals surface area contributed by atoms with Crippen LogP contribution in [0.15, 0.2) is 125 Å². The molecular formula is C60H66N14O5. The van der Waals surface area contributed by atoms with E-state index >= 15 is 0 Å². The highest BCUT2D eigenvalue weighted by Gasteiger charge is 2.34. The van der Waals surface area contributed by atoms with Crippen molar-refractivity contribution in [3.63, 3.8) is 0 Å². The number of rotatable bonds is 13. The zero-order valence-corrected chi connectivity index (χ0v) is 44.7.